The number of rotatable bonds is 8. The Balaban J connectivity index is 1.53. The number of esters is 3. The van der Waals surface area contributed by atoms with E-state index in [-0.39, 0.29) is 13.2 Å². The van der Waals surface area contributed by atoms with Crippen molar-refractivity contribution in [1.82, 2.24) is 0 Å². The largest absolute Gasteiger partial charge is 0.461 e. The van der Waals surface area contributed by atoms with Gasteiger partial charge < -0.3 is 18.9 Å². The van der Waals surface area contributed by atoms with Crippen molar-refractivity contribution in [2.24, 2.45) is 5.41 Å². The summed E-state index contributed by atoms with van der Waals surface area (Å²) >= 11 is 0. The first-order valence-electron chi connectivity index (χ1n) is 11.7. The highest BCUT2D eigenvalue weighted by Gasteiger charge is 2.55. The first kappa shape index (κ1) is 25.2. The Kier molecular flexibility index (Phi) is 7.85. The third-order valence-corrected chi connectivity index (χ3v) is 6.33. The molecule has 36 heavy (non-hydrogen) atoms. The number of hydrogen-bond donors (Lipinski definition) is 0. The van der Waals surface area contributed by atoms with Crippen LogP contribution in [-0.4, -0.2) is 57.2 Å². The number of benzene rings is 3. The smallest absolute Gasteiger partial charge is 0.338 e. The van der Waals surface area contributed by atoms with Gasteiger partial charge >= 0.3 is 17.9 Å². The zero-order valence-corrected chi connectivity index (χ0v) is 20.2. The van der Waals surface area contributed by atoms with E-state index in [0.29, 0.717) is 16.7 Å². The van der Waals surface area contributed by atoms with Gasteiger partial charge in [-0.25, -0.2) is 14.4 Å². The van der Waals surface area contributed by atoms with E-state index in [1.54, 1.807) is 93.6 Å². The van der Waals surface area contributed by atoms with Crippen LogP contribution in [0.15, 0.2) is 91.0 Å². The molecule has 0 bridgehead atoms. The van der Waals surface area contributed by atoms with Gasteiger partial charge in [-0.15, -0.1) is 0 Å². The zero-order chi connectivity index (χ0) is 25.5. The van der Waals surface area contributed by atoms with E-state index in [2.05, 4.69) is 0 Å². The van der Waals surface area contributed by atoms with E-state index in [1.807, 2.05) is 12.1 Å². The van der Waals surface area contributed by atoms with Crippen molar-refractivity contribution in [1.29, 1.82) is 0 Å². The van der Waals surface area contributed by atoms with Crippen LogP contribution in [0.2, 0.25) is 0 Å². The molecule has 7 nitrogen and oxygen atoms in total. The molecular formula is C28H27BO7. The molecule has 1 aliphatic rings. The second-order valence-corrected chi connectivity index (χ2v) is 8.93. The van der Waals surface area contributed by atoms with Crippen LogP contribution in [0.5, 0.6) is 0 Å². The summed E-state index contributed by atoms with van der Waals surface area (Å²) < 4.78 is 23.2. The molecule has 184 valence electrons. The molecule has 0 spiro atoms. The lowest BCUT2D eigenvalue weighted by Crippen LogP contribution is -2.47. The standard InChI is InChI=1S/C28H27BO7/c1-28(18-34-26(31)20-13-7-3-8-14-20)22(17-33-25(30)19-11-5-2-6-12-19)35-24(29)23(28)36-27(32)21-15-9-4-10-16-21/h2-16,22-24H,17-18,29H2,1H3/t22?,23?,24-,28+/m0/s1. The molecular weight excluding hydrogens is 459 g/mol. The van der Waals surface area contributed by atoms with Crippen LogP contribution in [-0.2, 0) is 18.9 Å². The van der Waals surface area contributed by atoms with Gasteiger partial charge in [-0.05, 0) is 36.4 Å². The molecule has 3 aromatic rings. The molecule has 4 rings (SSSR count). The average molecular weight is 486 g/mol. The van der Waals surface area contributed by atoms with Gasteiger partial charge in [0.15, 0.2) is 0 Å². The van der Waals surface area contributed by atoms with Gasteiger partial charge in [-0.2, -0.15) is 0 Å². The fraction of sp³-hybridized carbons (Fsp3) is 0.250. The predicted molar refractivity (Wildman–Crippen MR) is 134 cm³/mol. The molecule has 0 aliphatic carbocycles. The third-order valence-electron chi connectivity index (χ3n) is 6.33. The fourth-order valence-electron chi connectivity index (χ4n) is 4.29. The Morgan fingerprint density at radius 1 is 0.750 bits per heavy atom. The maximum atomic E-state index is 12.9. The van der Waals surface area contributed by atoms with E-state index in [0.717, 1.165) is 0 Å². The Morgan fingerprint density at radius 2 is 1.19 bits per heavy atom. The lowest BCUT2D eigenvalue weighted by atomic mass is 9.76. The summed E-state index contributed by atoms with van der Waals surface area (Å²) in [6.07, 6.45) is -1.44. The summed E-state index contributed by atoms with van der Waals surface area (Å²) in [5.41, 5.74) is 0.226. The van der Waals surface area contributed by atoms with Crippen molar-refractivity contribution < 1.29 is 33.3 Å². The minimum atomic E-state index is -0.981. The topological polar surface area (TPSA) is 88.1 Å². The van der Waals surface area contributed by atoms with E-state index >= 15 is 0 Å². The molecule has 1 aliphatic heterocycles. The van der Waals surface area contributed by atoms with Crippen molar-refractivity contribution in [2.45, 2.75) is 25.1 Å². The molecule has 0 N–H and O–H groups in total. The maximum absolute atomic E-state index is 12.9. The third kappa shape index (κ3) is 5.66. The first-order chi connectivity index (χ1) is 17.4. The first-order valence-corrected chi connectivity index (χ1v) is 11.7. The second kappa shape index (κ2) is 11.2. The van der Waals surface area contributed by atoms with Gasteiger partial charge in [-0.3, -0.25) is 0 Å². The lowest BCUT2D eigenvalue weighted by molar-refractivity contribution is -0.0525. The summed E-state index contributed by atoms with van der Waals surface area (Å²) in [7, 11) is 1.78. The molecule has 1 saturated heterocycles. The average Bonchev–Trinajstić information content (AvgIpc) is 3.16. The molecule has 1 fully saturated rings. The highest BCUT2D eigenvalue weighted by molar-refractivity contribution is 6.12. The van der Waals surface area contributed by atoms with Gasteiger partial charge in [0.2, 0.25) is 0 Å². The fourth-order valence-corrected chi connectivity index (χ4v) is 4.29. The van der Waals surface area contributed by atoms with Gasteiger partial charge in [0, 0.05) is 0 Å². The molecule has 0 amide bonds. The highest BCUT2D eigenvalue weighted by Crippen LogP contribution is 2.41. The Morgan fingerprint density at radius 3 is 1.69 bits per heavy atom. The summed E-state index contributed by atoms with van der Waals surface area (Å²) in [6, 6.07) is 25.3. The summed E-state index contributed by atoms with van der Waals surface area (Å²) in [6.45, 7) is 1.60. The Bertz CT molecular complexity index is 1190. The van der Waals surface area contributed by atoms with Crippen LogP contribution in [0.25, 0.3) is 0 Å². The normalized spacial score (nSPS) is 23.0. The van der Waals surface area contributed by atoms with Crippen molar-refractivity contribution >= 4 is 25.8 Å². The van der Waals surface area contributed by atoms with Crippen molar-refractivity contribution in [2.75, 3.05) is 13.2 Å². The molecule has 3 aromatic carbocycles. The Labute approximate surface area is 210 Å². The molecule has 4 atom stereocenters. The minimum Gasteiger partial charge on any atom is -0.461 e. The number of carbonyl (C=O) groups is 3. The van der Waals surface area contributed by atoms with Crippen LogP contribution >= 0.6 is 0 Å². The summed E-state index contributed by atoms with van der Waals surface area (Å²) in [4.78, 5) is 38.1. The monoisotopic (exact) mass is 486 g/mol. The van der Waals surface area contributed by atoms with E-state index in [9.17, 15) is 14.4 Å². The van der Waals surface area contributed by atoms with E-state index in [4.69, 9.17) is 18.9 Å². The number of carbonyl (C=O) groups excluding carboxylic acids is 3. The molecule has 1 heterocycles. The van der Waals surface area contributed by atoms with E-state index < -0.39 is 41.5 Å². The van der Waals surface area contributed by atoms with Gasteiger partial charge in [0.05, 0.1) is 28.1 Å². The zero-order valence-electron chi connectivity index (χ0n) is 20.2. The van der Waals surface area contributed by atoms with Gasteiger partial charge in [-0.1, -0.05) is 61.5 Å². The van der Waals surface area contributed by atoms with Gasteiger partial charge in [0.1, 0.15) is 33.3 Å². The van der Waals surface area contributed by atoms with Crippen LogP contribution in [0.3, 0.4) is 0 Å². The van der Waals surface area contributed by atoms with Crippen molar-refractivity contribution in [3.8, 4) is 0 Å². The van der Waals surface area contributed by atoms with E-state index in [1.165, 1.54) is 0 Å². The van der Waals surface area contributed by atoms with Gasteiger partial charge in [0.25, 0.3) is 0 Å². The SMILES string of the molecule is B[C@H]1OC(COC(=O)c2ccccc2)[C@@](C)(COC(=O)c2ccccc2)C1OC(=O)c1ccccc1. The van der Waals surface area contributed by atoms with Crippen LogP contribution in [0, 0.1) is 5.41 Å². The maximum Gasteiger partial charge on any atom is 0.338 e. The quantitative estimate of drug-likeness (QED) is 0.274. The summed E-state index contributed by atoms with van der Waals surface area (Å²) in [5, 5.41) is 0. The second-order valence-electron chi connectivity index (χ2n) is 8.93. The summed E-state index contributed by atoms with van der Waals surface area (Å²) in [5.74, 6) is -1.52. The Hall–Kier alpha value is -3.91. The van der Waals surface area contributed by atoms with Crippen molar-refractivity contribution in [3.05, 3.63) is 108 Å². The lowest BCUT2D eigenvalue weighted by Gasteiger charge is -2.34. The number of hydrogen-bond acceptors (Lipinski definition) is 7. The predicted octanol–water partition coefficient (Wildman–Crippen LogP) is 3.29. The molecule has 0 saturated carbocycles. The molecule has 2 unspecified atom stereocenters. The minimum absolute atomic E-state index is 0.100. The molecule has 0 radical (unpaired) electrons. The van der Waals surface area contributed by atoms with Crippen LogP contribution in [0.1, 0.15) is 38.0 Å². The number of ether oxygens (including phenoxy) is 4. The van der Waals surface area contributed by atoms with Crippen molar-refractivity contribution in [3.63, 3.8) is 0 Å². The van der Waals surface area contributed by atoms with Crippen LogP contribution < -0.4 is 0 Å². The molecule has 8 heteroatoms. The molecule has 0 aromatic heterocycles. The van der Waals surface area contributed by atoms with Crippen LogP contribution in [0.4, 0.5) is 0 Å². The highest BCUT2D eigenvalue weighted by atomic mass is 16.6.